The standard InChI is InChI=1S/C32H35ClN8O5S/c1-17-12-34-25-23-20(47-26(25)27(43)37-17)6-5-19-24(23)35-14-21(38-19)45-28-18(13-36-29(33)39-28)15-41-16-32(11-22(41)42)7-9-40(10-8-32)30(44)46-31(2,3)4/h5-6,13-14,17,34H,7-12,15-16H2,1-4H3,(H,37,43)/t17-/m1/s1. The third-order valence-electron chi connectivity index (χ3n) is 8.75. The zero-order valence-electron chi connectivity index (χ0n) is 26.6. The molecule has 3 amide bonds. The largest absolute Gasteiger partial charge is 0.444 e. The van der Waals surface area contributed by atoms with Crippen molar-refractivity contribution in [1.29, 1.82) is 0 Å². The molecule has 3 aliphatic rings. The van der Waals surface area contributed by atoms with Crippen LogP contribution in [0.4, 0.5) is 10.5 Å². The van der Waals surface area contributed by atoms with Crippen molar-refractivity contribution in [2.75, 3.05) is 31.5 Å². The van der Waals surface area contributed by atoms with Gasteiger partial charge in [0.15, 0.2) is 0 Å². The van der Waals surface area contributed by atoms with Crippen LogP contribution >= 0.6 is 22.9 Å². The molecule has 2 fully saturated rings. The van der Waals surface area contributed by atoms with Gasteiger partial charge in [0.25, 0.3) is 5.91 Å². The predicted molar refractivity (Wildman–Crippen MR) is 177 cm³/mol. The van der Waals surface area contributed by atoms with Crippen molar-refractivity contribution in [2.45, 2.75) is 65.1 Å². The number of nitrogens with one attached hydrogen (secondary N) is 2. The van der Waals surface area contributed by atoms with Crippen molar-refractivity contribution in [3.8, 4) is 11.8 Å². The van der Waals surface area contributed by atoms with Gasteiger partial charge in [-0.2, -0.15) is 4.98 Å². The molecule has 0 radical (unpaired) electrons. The van der Waals surface area contributed by atoms with Gasteiger partial charge in [0.1, 0.15) is 10.5 Å². The van der Waals surface area contributed by atoms with E-state index in [1.807, 2.05) is 39.8 Å². The van der Waals surface area contributed by atoms with Gasteiger partial charge in [0.2, 0.25) is 23.0 Å². The monoisotopic (exact) mass is 678 g/mol. The minimum atomic E-state index is -0.559. The Labute approximate surface area is 280 Å². The van der Waals surface area contributed by atoms with Crippen LogP contribution in [0, 0.1) is 5.41 Å². The molecule has 0 saturated carbocycles. The first-order valence-corrected chi connectivity index (χ1v) is 16.8. The third-order valence-corrected chi connectivity index (χ3v) is 10.1. The molecule has 7 rings (SSSR count). The molecule has 0 bridgehead atoms. The summed E-state index contributed by atoms with van der Waals surface area (Å²) < 4.78 is 12.6. The summed E-state index contributed by atoms with van der Waals surface area (Å²) in [6.07, 6.45) is 4.58. The third kappa shape index (κ3) is 6.23. The van der Waals surface area contributed by atoms with Crippen LogP contribution < -0.4 is 15.4 Å². The van der Waals surface area contributed by atoms with Crippen molar-refractivity contribution < 1.29 is 23.9 Å². The Morgan fingerprint density at radius 1 is 1.15 bits per heavy atom. The van der Waals surface area contributed by atoms with E-state index in [2.05, 4.69) is 20.6 Å². The maximum atomic E-state index is 13.2. The van der Waals surface area contributed by atoms with Crippen LogP contribution in [0.25, 0.3) is 21.1 Å². The van der Waals surface area contributed by atoms with E-state index in [-0.39, 0.29) is 53.0 Å². The first kappa shape index (κ1) is 31.3. The highest BCUT2D eigenvalue weighted by Gasteiger charge is 2.46. The smallest absolute Gasteiger partial charge is 0.410 e. The number of aromatic nitrogens is 4. The Morgan fingerprint density at radius 3 is 2.70 bits per heavy atom. The van der Waals surface area contributed by atoms with Crippen molar-refractivity contribution in [3.05, 3.63) is 40.3 Å². The van der Waals surface area contributed by atoms with E-state index in [9.17, 15) is 14.4 Å². The molecule has 47 heavy (non-hydrogen) atoms. The number of amides is 3. The van der Waals surface area contributed by atoms with Crippen LogP contribution in [0.1, 0.15) is 62.2 Å². The Bertz CT molecular complexity index is 1920. The molecule has 1 spiro atoms. The lowest BCUT2D eigenvalue weighted by Gasteiger charge is -2.39. The normalized spacial score (nSPS) is 19.5. The molecule has 6 heterocycles. The fourth-order valence-electron chi connectivity index (χ4n) is 6.45. The van der Waals surface area contributed by atoms with Crippen LogP contribution in [0.15, 0.2) is 24.5 Å². The first-order chi connectivity index (χ1) is 22.4. The maximum Gasteiger partial charge on any atom is 0.410 e. The fourth-order valence-corrected chi connectivity index (χ4v) is 7.66. The Balaban J connectivity index is 1.09. The number of carbonyl (C=O) groups excluding carboxylic acids is 3. The number of fused-ring (bicyclic) bond motifs is 5. The summed E-state index contributed by atoms with van der Waals surface area (Å²) in [5.41, 5.74) is 1.80. The number of nitrogens with zero attached hydrogens (tertiary/aromatic N) is 6. The van der Waals surface area contributed by atoms with Crippen LogP contribution in [0.2, 0.25) is 5.28 Å². The van der Waals surface area contributed by atoms with E-state index in [4.69, 9.17) is 31.0 Å². The molecule has 15 heteroatoms. The molecule has 0 unspecified atom stereocenters. The van der Waals surface area contributed by atoms with Gasteiger partial charge in [0, 0.05) is 60.3 Å². The minimum absolute atomic E-state index is 0.00233. The van der Waals surface area contributed by atoms with E-state index < -0.39 is 5.60 Å². The highest BCUT2D eigenvalue weighted by atomic mass is 35.5. The molecule has 4 aromatic rings. The number of piperidine rings is 1. The number of ether oxygens (including phenoxy) is 2. The second-order valence-electron chi connectivity index (χ2n) is 13.5. The van der Waals surface area contributed by atoms with Gasteiger partial charge >= 0.3 is 6.09 Å². The molecule has 3 aromatic heterocycles. The maximum absolute atomic E-state index is 13.2. The van der Waals surface area contributed by atoms with Gasteiger partial charge in [0.05, 0.1) is 35.0 Å². The van der Waals surface area contributed by atoms with Gasteiger partial charge in [-0.25, -0.2) is 19.7 Å². The summed E-state index contributed by atoms with van der Waals surface area (Å²) in [7, 11) is 0. The van der Waals surface area contributed by atoms with E-state index in [0.29, 0.717) is 66.9 Å². The molecule has 0 aliphatic carbocycles. The number of carbonyl (C=O) groups is 3. The summed E-state index contributed by atoms with van der Waals surface area (Å²) in [4.78, 5) is 60.6. The molecule has 1 aromatic carbocycles. The molecule has 13 nitrogen and oxygen atoms in total. The number of halogens is 1. The van der Waals surface area contributed by atoms with E-state index in [1.54, 1.807) is 16.0 Å². The van der Waals surface area contributed by atoms with Gasteiger partial charge in [-0.3, -0.25) is 9.59 Å². The predicted octanol–water partition coefficient (Wildman–Crippen LogP) is 5.37. The topological polar surface area (TPSA) is 152 Å². The van der Waals surface area contributed by atoms with Crippen LogP contribution in [0.3, 0.4) is 0 Å². The van der Waals surface area contributed by atoms with E-state index in [1.165, 1.54) is 17.5 Å². The Kier molecular flexibility index (Phi) is 7.82. The highest BCUT2D eigenvalue weighted by Crippen LogP contribution is 2.43. The molecule has 2 saturated heterocycles. The van der Waals surface area contributed by atoms with Crippen LogP contribution in [-0.2, 0) is 16.1 Å². The molecule has 246 valence electrons. The number of thiophene rings is 1. The second-order valence-corrected chi connectivity index (χ2v) is 14.9. The number of hydrogen-bond acceptors (Lipinski definition) is 11. The summed E-state index contributed by atoms with van der Waals surface area (Å²) in [6, 6.07) is 3.76. The number of hydrogen-bond donors (Lipinski definition) is 2. The molecule has 3 aliphatic heterocycles. The van der Waals surface area contributed by atoms with Gasteiger partial charge < -0.3 is 29.9 Å². The molecule has 1 atom stereocenters. The second kappa shape index (κ2) is 11.7. The Hall–Kier alpha value is -4.30. The van der Waals surface area contributed by atoms with Gasteiger partial charge in [-0.1, -0.05) is 0 Å². The van der Waals surface area contributed by atoms with Crippen molar-refractivity contribution >= 4 is 67.7 Å². The molecular formula is C32H35ClN8O5S. The number of likely N-dealkylation sites (tertiary alicyclic amines) is 2. The average Bonchev–Trinajstić information content (AvgIpc) is 3.49. The van der Waals surface area contributed by atoms with Crippen molar-refractivity contribution in [3.63, 3.8) is 0 Å². The summed E-state index contributed by atoms with van der Waals surface area (Å²) in [6.45, 7) is 9.97. The van der Waals surface area contributed by atoms with E-state index >= 15 is 0 Å². The first-order valence-electron chi connectivity index (χ1n) is 15.6. The Morgan fingerprint density at radius 2 is 1.94 bits per heavy atom. The number of rotatable bonds is 4. The van der Waals surface area contributed by atoms with Crippen molar-refractivity contribution in [1.82, 2.24) is 35.1 Å². The lowest BCUT2D eigenvalue weighted by Crippen LogP contribution is -2.46. The van der Waals surface area contributed by atoms with Crippen molar-refractivity contribution in [2.24, 2.45) is 5.41 Å². The summed E-state index contributed by atoms with van der Waals surface area (Å²) in [5, 5.41) is 7.24. The highest BCUT2D eigenvalue weighted by molar-refractivity contribution is 7.21. The van der Waals surface area contributed by atoms with Gasteiger partial charge in [-0.15, -0.1) is 11.3 Å². The number of anilines is 1. The lowest BCUT2D eigenvalue weighted by molar-refractivity contribution is -0.128. The minimum Gasteiger partial charge on any atom is -0.444 e. The fraction of sp³-hybridized carbons (Fsp3) is 0.469. The quantitative estimate of drug-likeness (QED) is 0.269. The van der Waals surface area contributed by atoms with Gasteiger partial charge in [-0.05, 0) is 64.3 Å². The average molecular weight is 679 g/mol. The summed E-state index contributed by atoms with van der Waals surface area (Å²) in [5.74, 6) is 0.302. The SMILES string of the molecule is C[C@@H]1CNc2c(sc3ccc4nc(Oc5nc(Cl)ncc5CN5CC6(CCN(C(=O)OC(C)(C)C)CC6)CC5=O)cnc4c23)C(=O)N1. The van der Waals surface area contributed by atoms with Crippen LogP contribution in [-0.4, -0.2) is 85.5 Å². The molecule has 2 N–H and O–H groups in total. The van der Waals surface area contributed by atoms with E-state index in [0.717, 1.165) is 15.8 Å². The number of benzene rings is 1. The molecular weight excluding hydrogens is 644 g/mol. The lowest BCUT2D eigenvalue weighted by atomic mass is 9.78. The zero-order valence-corrected chi connectivity index (χ0v) is 28.1. The van der Waals surface area contributed by atoms with Crippen LogP contribution in [0.5, 0.6) is 11.8 Å². The zero-order chi connectivity index (χ0) is 33.1. The summed E-state index contributed by atoms with van der Waals surface area (Å²) >= 11 is 7.59.